The minimum atomic E-state index is 0.0875. The van der Waals surface area contributed by atoms with Crippen molar-refractivity contribution >= 4 is 0 Å². The summed E-state index contributed by atoms with van der Waals surface area (Å²) < 4.78 is 5.34. The smallest absolute Gasteiger partial charge is 0.123 e. The number of ether oxygens (including phenoxy) is 1. The van der Waals surface area contributed by atoms with Crippen molar-refractivity contribution in [3.8, 4) is 17.2 Å². The lowest BCUT2D eigenvalue weighted by molar-refractivity contribution is 0.411. The van der Waals surface area contributed by atoms with Gasteiger partial charge in [-0.1, -0.05) is 44.4 Å². The van der Waals surface area contributed by atoms with Gasteiger partial charge in [0.25, 0.3) is 0 Å². The van der Waals surface area contributed by atoms with Crippen LogP contribution in [0.4, 0.5) is 0 Å². The van der Waals surface area contributed by atoms with E-state index >= 15 is 0 Å². The highest BCUT2D eigenvalue weighted by atomic mass is 16.5. The Balaban J connectivity index is 2.38. The molecular weight excluding hydrogens is 288 g/mol. The lowest BCUT2D eigenvalue weighted by atomic mass is 9.85. The Morgan fingerprint density at radius 1 is 1.04 bits per heavy atom. The first-order chi connectivity index (χ1) is 11.1. The third-order valence-electron chi connectivity index (χ3n) is 4.31. The highest BCUT2D eigenvalue weighted by Crippen LogP contribution is 2.38. The SMILES string of the molecule is CCCCCC(c1ccc(OC)c(C)c1)c1ccc(O)cc1O. The molecule has 3 nitrogen and oxygen atoms in total. The van der Waals surface area contributed by atoms with Crippen molar-refractivity contribution in [2.75, 3.05) is 7.11 Å². The molecule has 0 spiro atoms. The molecule has 0 aliphatic rings. The molecule has 0 fully saturated rings. The summed E-state index contributed by atoms with van der Waals surface area (Å²) in [7, 11) is 1.67. The number of phenols is 2. The summed E-state index contributed by atoms with van der Waals surface area (Å²) in [6.07, 6.45) is 4.41. The topological polar surface area (TPSA) is 49.7 Å². The number of methoxy groups -OCH3 is 1. The van der Waals surface area contributed by atoms with Crippen molar-refractivity contribution in [3.63, 3.8) is 0 Å². The van der Waals surface area contributed by atoms with E-state index in [0.717, 1.165) is 36.1 Å². The Bertz CT molecular complexity index is 649. The second-order valence-corrected chi connectivity index (χ2v) is 6.02. The zero-order valence-corrected chi connectivity index (χ0v) is 14.2. The summed E-state index contributed by atoms with van der Waals surface area (Å²) in [6, 6.07) is 11.0. The summed E-state index contributed by atoms with van der Waals surface area (Å²) in [4.78, 5) is 0. The van der Waals surface area contributed by atoms with Gasteiger partial charge >= 0.3 is 0 Å². The van der Waals surface area contributed by atoms with Crippen molar-refractivity contribution in [2.45, 2.75) is 45.4 Å². The number of aromatic hydroxyl groups is 2. The van der Waals surface area contributed by atoms with E-state index < -0.39 is 0 Å². The number of unbranched alkanes of at least 4 members (excludes halogenated alkanes) is 2. The molecule has 1 atom stereocenters. The average Bonchev–Trinajstić information content (AvgIpc) is 2.52. The van der Waals surface area contributed by atoms with Crippen LogP contribution in [0.15, 0.2) is 36.4 Å². The van der Waals surface area contributed by atoms with Crippen molar-refractivity contribution in [3.05, 3.63) is 53.1 Å². The fourth-order valence-corrected chi connectivity index (χ4v) is 3.05. The standard InChI is InChI=1S/C20H26O3/c1-4-5-6-7-17(18-10-9-16(21)13-19(18)22)15-8-11-20(23-3)14(2)12-15/h8-13,17,21-22H,4-7H2,1-3H3. The molecule has 2 aromatic carbocycles. The Hall–Kier alpha value is -2.16. The van der Waals surface area contributed by atoms with Crippen molar-refractivity contribution in [2.24, 2.45) is 0 Å². The van der Waals surface area contributed by atoms with Crippen LogP contribution in [0.2, 0.25) is 0 Å². The van der Waals surface area contributed by atoms with Crippen molar-refractivity contribution in [1.29, 1.82) is 0 Å². The Kier molecular flexibility index (Phi) is 5.91. The van der Waals surface area contributed by atoms with E-state index in [-0.39, 0.29) is 17.4 Å². The van der Waals surface area contributed by atoms with Gasteiger partial charge in [-0.05, 0) is 36.6 Å². The van der Waals surface area contributed by atoms with Crippen molar-refractivity contribution in [1.82, 2.24) is 0 Å². The third-order valence-corrected chi connectivity index (χ3v) is 4.31. The molecule has 0 radical (unpaired) electrons. The summed E-state index contributed by atoms with van der Waals surface area (Å²) in [6.45, 7) is 4.21. The average molecular weight is 314 g/mol. The zero-order chi connectivity index (χ0) is 16.8. The number of hydrogen-bond acceptors (Lipinski definition) is 3. The van der Waals surface area contributed by atoms with Gasteiger partial charge in [0.2, 0.25) is 0 Å². The van der Waals surface area contributed by atoms with Crippen LogP contribution in [0.3, 0.4) is 0 Å². The van der Waals surface area contributed by atoms with Crippen LogP contribution < -0.4 is 4.74 Å². The minimum Gasteiger partial charge on any atom is -0.508 e. The van der Waals surface area contributed by atoms with Crippen LogP contribution in [0.25, 0.3) is 0 Å². The zero-order valence-electron chi connectivity index (χ0n) is 14.2. The molecule has 2 N–H and O–H groups in total. The van der Waals surface area contributed by atoms with E-state index in [4.69, 9.17) is 4.74 Å². The van der Waals surface area contributed by atoms with E-state index in [1.807, 2.05) is 19.1 Å². The number of hydrogen-bond donors (Lipinski definition) is 2. The molecule has 0 bridgehead atoms. The molecule has 0 saturated heterocycles. The molecule has 0 saturated carbocycles. The maximum atomic E-state index is 10.3. The van der Waals surface area contributed by atoms with E-state index in [0.29, 0.717) is 0 Å². The predicted octanol–water partition coefficient (Wildman–Crippen LogP) is 5.13. The molecule has 0 heterocycles. The number of aryl methyl sites for hydroxylation is 1. The fourth-order valence-electron chi connectivity index (χ4n) is 3.05. The maximum absolute atomic E-state index is 10.3. The number of benzene rings is 2. The molecule has 1 unspecified atom stereocenters. The Labute approximate surface area is 138 Å². The first-order valence-corrected chi connectivity index (χ1v) is 8.23. The monoisotopic (exact) mass is 314 g/mol. The summed E-state index contributed by atoms with van der Waals surface area (Å²) in [5.74, 6) is 1.23. The molecule has 0 amide bonds. The van der Waals surface area contributed by atoms with E-state index in [1.54, 1.807) is 13.2 Å². The largest absolute Gasteiger partial charge is 0.508 e. The summed E-state index contributed by atoms with van der Waals surface area (Å²) >= 11 is 0. The van der Waals surface area contributed by atoms with Crippen LogP contribution in [0, 0.1) is 6.92 Å². The molecule has 124 valence electrons. The Morgan fingerprint density at radius 3 is 2.43 bits per heavy atom. The second-order valence-electron chi connectivity index (χ2n) is 6.02. The first kappa shape index (κ1) is 17.2. The van der Waals surface area contributed by atoms with E-state index in [2.05, 4.69) is 19.1 Å². The molecular formula is C20H26O3. The van der Waals surface area contributed by atoms with E-state index in [1.165, 1.54) is 18.1 Å². The second kappa shape index (κ2) is 7.91. The van der Waals surface area contributed by atoms with Crippen LogP contribution in [0.1, 0.15) is 55.2 Å². The van der Waals surface area contributed by atoms with Gasteiger partial charge in [-0.3, -0.25) is 0 Å². The molecule has 0 aliphatic carbocycles. The van der Waals surface area contributed by atoms with Gasteiger partial charge in [-0.25, -0.2) is 0 Å². The molecule has 3 heteroatoms. The lowest BCUT2D eigenvalue weighted by Gasteiger charge is -2.20. The number of phenolic OH excluding ortho intramolecular Hbond substituents is 2. The van der Waals surface area contributed by atoms with Gasteiger partial charge in [0.1, 0.15) is 17.2 Å². The summed E-state index contributed by atoms with van der Waals surface area (Å²) in [5.41, 5.74) is 3.12. The first-order valence-electron chi connectivity index (χ1n) is 8.23. The van der Waals surface area contributed by atoms with Gasteiger partial charge in [0.15, 0.2) is 0 Å². The van der Waals surface area contributed by atoms with Gasteiger partial charge < -0.3 is 14.9 Å². The normalized spacial score (nSPS) is 12.1. The maximum Gasteiger partial charge on any atom is 0.123 e. The Morgan fingerprint density at radius 2 is 1.83 bits per heavy atom. The quantitative estimate of drug-likeness (QED) is 0.697. The van der Waals surface area contributed by atoms with Crippen molar-refractivity contribution < 1.29 is 14.9 Å². The van der Waals surface area contributed by atoms with Gasteiger partial charge in [-0.2, -0.15) is 0 Å². The molecule has 0 aliphatic heterocycles. The van der Waals surface area contributed by atoms with Crippen LogP contribution in [-0.2, 0) is 0 Å². The van der Waals surface area contributed by atoms with Gasteiger partial charge in [0, 0.05) is 17.5 Å². The number of rotatable bonds is 7. The van der Waals surface area contributed by atoms with E-state index in [9.17, 15) is 10.2 Å². The third kappa shape index (κ3) is 4.19. The molecule has 0 aromatic heterocycles. The molecule has 2 aromatic rings. The molecule has 2 rings (SSSR count). The summed E-state index contributed by atoms with van der Waals surface area (Å²) in [5, 5.41) is 19.8. The van der Waals surface area contributed by atoms with Gasteiger partial charge in [-0.15, -0.1) is 0 Å². The molecule has 23 heavy (non-hydrogen) atoms. The fraction of sp³-hybridized carbons (Fsp3) is 0.400. The minimum absolute atomic E-state index is 0.0875. The van der Waals surface area contributed by atoms with Crippen LogP contribution in [0.5, 0.6) is 17.2 Å². The highest BCUT2D eigenvalue weighted by molar-refractivity contribution is 5.47. The van der Waals surface area contributed by atoms with Crippen LogP contribution in [-0.4, -0.2) is 17.3 Å². The predicted molar refractivity (Wildman–Crippen MR) is 93.5 cm³/mol. The lowest BCUT2D eigenvalue weighted by Crippen LogP contribution is -2.03. The highest BCUT2D eigenvalue weighted by Gasteiger charge is 2.18. The van der Waals surface area contributed by atoms with Crippen LogP contribution >= 0.6 is 0 Å². The van der Waals surface area contributed by atoms with Gasteiger partial charge in [0.05, 0.1) is 7.11 Å².